The van der Waals surface area contributed by atoms with E-state index in [-0.39, 0.29) is 18.5 Å². The van der Waals surface area contributed by atoms with Crippen LogP contribution in [-0.2, 0) is 14.3 Å². The molecule has 0 heterocycles. The van der Waals surface area contributed by atoms with E-state index in [0.717, 1.165) is 44.9 Å². The van der Waals surface area contributed by atoms with Crippen molar-refractivity contribution in [3.05, 3.63) is 0 Å². The van der Waals surface area contributed by atoms with Gasteiger partial charge in [-0.2, -0.15) is 0 Å². The fraction of sp³-hybridized carbons (Fsp3) is 0.895. The topological polar surface area (TPSA) is 63.6 Å². The number of hydrogen-bond acceptors (Lipinski definition) is 3. The van der Waals surface area contributed by atoms with E-state index in [1.807, 2.05) is 0 Å². The Kier molecular flexibility index (Phi) is 15.1. The smallest absolute Gasteiger partial charge is 0.306 e. The summed E-state index contributed by atoms with van der Waals surface area (Å²) in [5, 5.41) is 8.65. The van der Waals surface area contributed by atoms with Gasteiger partial charge in [-0.15, -0.1) is 0 Å². The van der Waals surface area contributed by atoms with Gasteiger partial charge in [-0.05, 0) is 32.1 Å². The molecule has 4 heteroatoms. The van der Waals surface area contributed by atoms with E-state index in [1.54, 1.807) is 0 Å². The molecule has 0 amide bonds. The minimum atomic E-state index is -0.754. The molecule has 0 saturated carbocycles. The first-order valence-electron chi connectivity index (χ1n) is 9.51. The van der Waals surface area contributed by atoms with E-state index >= 15 is 0 Å². The molecule has 1 atom stereocenters. The average molecular weight is 328 g/mol. The van der Waals surface area contributed by atoms with Gasteiger partial charge >= 0.3 is 11.9 Å². The molecule has 4 nitrogen and oxygen atoms in total. The van der Waals surface area contributed by atoms with E-state index in [0.29, 0.717) is 12.8 Å². The van der Waals surface area contributed by atoms with Crippen LogP contribution < -0.4 is 0 Å². The second-order valence-corrected chi connectivity index (χ2v) is 6.41. The number of carboxylic acid groups (broad SMARTS) is 1. The Bertz CT molecular complexity index is 302. The molecule has 23 heavy (non-hydrogen) atoms. The van der Waals surface area contributed by atoms with Crippen LogP contribution >= 0.6 is 0 Å². The van der Waals surface area contributed by atoms with Crippen molar-refractivity contribution in [1.29, 1.82) is 0 Å². The molecular weight excluding hydrogens is 292 g/mol. The van der Waals surface area contributed by atoms with E-state index < -0.39 is 5.97 Å². The predicted molar refractivity (Wildman–Crippen MR) is 93.5 cm³/mol. The van der Waals surface area contributed by atoms with Crippen molar-refractivity contribution >= 4 is 11.9 Å². The summed E-state index contributed by atoms with van der Waals surface area (Å²) < 4.78 is 5.60. The van der Waals surface area contributed by atoms with E-state index in [2.05, 4.69) is 13.8 Å². The van der Waals surface area contributed by atoms with Gasteiger partial charge in [0, 0.05) is 12.8 Å². The monoisotopic (exact) mass is 328 g/mol. The van der Waals surface area contributed by atoms with E-state index in [9.17, 15) is 9.59 Å². The zero-order valence-electron chi connectivity index (χ0n) is 15.1. The summed E-state index contributed by atoms with van der Waals surface area (Å²) in [6.07, 6.45) is 13.0. The Morgan fingerprint density at radius 3 is 2.00 bits per heavy atom. The Labute approximate surface area is 142 Å². The van der Waals surface area contributed by atoms with Crippen molar-refractivity contribution in [1.82, 2.24) is 0 Å². The van der Waals surface area contributed by atoms with Gasteiger partial charge < -0.3 is 9.84 Å². The number of carbonyl (C=O) groups excluding carboxylic acids is 1. The van der Waals surface area contributed by atoms with Crippen LogP contribution in [-0.4, -0.2) is 23.1 Å². The highest BCUT2D eigenvalue weighted by Crippen LogP contribution is 2.15. The molecule has 0 saturated heterocycles. The molecule has 0 fully saturated rings. The quantitative estimate of drug-likeness (QED) is 0.301. The van der Waals surface area contributed by atoms with Gasteiger partial charge in [0.15, 0.2) is 0 Å². The summed E-state index contributed by atoms with van der Waals surface area (Å²) in [4.78, 5) is 22.5. The summed E-state index contributed by atoms with van der Waals surface area (Å²) in [5.41, 5.74) is 0. The summed E-state index contributed by atoms with van der Waals surface area (Å²) in [7, 11) is 0. The lowest BCUT2D eigenvalue weighted by atomic mass is 10.0. The number of aliphatic carboxylic acids is 1. The first-order valence-corrected chi connectivity index (χ1v) is 9.51. The van der Waals surface area contributed by atoms with Gasteiger partial charge in [0.25, 0.3) is 0 Å². The maximum absolute atomic E-state index is 11.9. The van der Waals surface area contributed by atoms with Gasteiger partial charge in [-0.3, -0.25) is 9.59 Å². The van der Waals surface area contributed by atoms with Crippen LogP contribution in [0.3, 0.4) is 0 Å². The number of carbonyl (C=O) groups is 2. The molecule has 136 valence electrons. The molecule has 1 unspecified atom stereocenters. The van der Waals surface area contributed by atoms with Gasteiger partial charge in [0.05, 0.1) is 0 Å². The number of hydrogen-bond donors (Lipinski definition) is 1. The first kappa shape index (κ1) is 21.9. The molecule has 0 bridgehead atoms. The highest BCUT2D eigenvalue weighted by Gasteiger charge is 2.14. The van der Waals surface area contributed by atoms with Crippen LogP contribution in [0, 0.1) is 0 Å². The highest BCUT2D eigenvalue weighted by atomic mass is 16.5. The molecule has 0 aromatic heterocycles. The molecule has 0 rings (SSSR count). The fourth-order valence-electron chi connectivity index (χ4n) is 2.64. The number of carboxylic acids is 1. The Morgan fingerprint density at radius 1 is 0.783 bits per heavy atom. The highest BCUT2D eigenvalue weighted by molar-refractivity contribution is 5.69. The zero-order valence-corrected chi connectivity index (χ0v) is 15.1. The largest absolute Gasteiger partial charge is 0.481 e. The second kappa shape index (κ2) is 15.8. The van der Waals surface area contributed by atoms with Crippen LogP contribution in [0.5, 0.6) is 0 Å². The van der Waals surface area contributed by atoms with Gasteiger partial charge in [-0.25, -0.2) is 0 Å². The number of unbranched alkanes of at least 4 members (excludes halogenated alkanes) is 7. The lowest BCUT2D eigenvalue weighted by Crippen LogP contribution is -2.18. The molecule has 0 aromatic carbocycles. The summed E-state index contributed by atoms with van der Waals surface area (Å²) in [6.45, 7) is 4.32. The summed E-state index contributed by atoms with van der Waals surface area (Å²) in [5.74, 6) is -0.838. The summed E-state index contributed by atoms with van der Waals surface area (Å²) in [6, 6.07) is 0. The Hall–Kier alpha value is -1.06. The van der Waals surface area contributed by atoms with Crippen molar-refractivity contribution in [2.45, 2.75) is 110 Å². The fourth-order valence-corrected chi connectivity index (χ4v) is 2.64. The Morgan fingerprint density at radius 2 is 1.35 bits per heavy atom. The molecule has 0 aliphatic rings. The van der Waals surface area contributed by atoms with E-state index in [4.69, 9.17) is 9.84 Å². The van der Waals surface area contributed by atoms with Crippen LogP contribution in [0.15, 0.2) is 0 Å². The molecule has 0 aliphatic carbocycles. The van der Waals surface area contributed by atoms with Crippen molar-refractivity contribution < 1.29 is 19.4 Å². The van der Waals surface area contributed by atoms with Crippen molar-refractivity contribution in [3.63, 3.8) is 0 Å². The summed E-state index contributed by atoms with van der Waals surface area (Å²) >= 11 is 0. The van der Waals surface area contributed by atoms with Crippen LogP contribution in [0.1, 0.15) is 104 Å². The maximum Gasteiger partial charge on any atom is 0.306 e. The predicted octanol–water partition coefficient (Wildman–Crippen LogP) is 5.48. The molecule has 1 N–H and O–H groups in total. The lowest BCUT2D eigenvalue weighted by Gasteiger charge is -2.17. The van der Waals surface area contributed by atoms with Gasteiger partial charge in [-0.1, -0.05) is 58.8 Å². The second-order valence-electron chi connectivity index (χ2n) is 6.41. The Balaban J connectivity index is 3.86. The molecule has 0 aromatic rings. The SMILES string of the molecule is CCCCCCCCC(=O)OC(CCCC)CCCCC(=O)O. The van der Waals surface area contributed by atoms with Crippen LogP contribution in [0.4, 0.5) is 0 Å². The minimum absolute atomic E-state index is 0.0312. The minimum Gasteiger partial charge on any atom is -0.481 e. The number of ether oxygens (including phenoxy) is 1. The molecule has 0 aliphatic heterocycles. The third-order valence-electron chi connectivity index (χ3n) is 4.08. The van der Waals surface area contributed by atoms with E-state index in [1.165, 1.54) is 25.7 Å². The lowest BCUT2D eigenvalue weighted by molar-refractivity contribution is -0.150. The van der Waals surface area contributed by atoms with Crippen LogP contribution in [0.25, 0.3) is 0 Å². The standard InChI is InChI=1S/C19H36O4/c1-3-5-7-8-9-10-16-19(22)23-17(13-6-4-2)14-11-12-15-18(20)21/h17H,3-16H2,1-2H3,(H,20,21). The molecule has 0 radical (unpaired) electrons. The maximum atomic E-state index is 11.9. The van der Waals surface area contributed by atoms with Crippen LogP contribution in [0.2, 0.25) is 0 Å². The normalized spacial score (nSPS) is 12.1. The van der Waals surface area contributed by atoms with Gasteiger partial charge in [0.1, 0.15) is 6.10 Å². The van der Waals surface area contributed by atoms with Crippen molar-refractivity contribution in [3.8, 4) is 0 Å². The average Bonchev–Trinajstić information content (AvgIpc) is 2.52. The number of esters is 1. The third-order valence-corrected chi connectivity index (χ3v) is 4.08. The number of rotatable bonds is 16. The van der Waals surface area contributed by atoms with Gasteiger partial charge in [0.2, 0.25) is 0 Å². The van der Waals surface area contributed by atoms with Crippen molar-refractivity contribution in [2.75, 3.05) is 0 Å². The molecular formula is C19H36O4. The zero-order chi connectivity index (χ0) is 17.3. The first-order chi connectivity index (χ1) is 11.1. The van der Waals surface area contributed by atoms with Crippen molar-refractivity contribution in [2.24, 2.45) is 0 Å². The molecule has 0 spiro atoms. The third kappa shape index (κ3) is 15.6.